The normalized spacial score (nSPS) is 11.3. The van der Waals surface area contributed by atoms with Crippen molar-refractivity contribution in [2.45, 2.75) is 0 Å². The fourth-order valence-electron chi connectivity index (χ4n) is 8.15. The van der Waals surface area contributed by atoms with Gasteiger partial charge in [-0.05, 0) is 67.8 Å². The first-order chi connectivity index (χ1) is 30.2. The fourth-order valence-corrected chi connectivity index (χ4v) is 9.39. The van der Waals surface area contributed by atoms with E-state index in [1.807, 2.05) is 47.7 Å². The van der Waals surface area contributed by atoms with Crippen molar-refractivity contribution in [2.75, 3.05) is 0 Å². The molecule has 0 saturated heterocycles. The van der Waals surface area contributed by atoms with Gasteiger partial charge in [-0.1, -0.05) is 212 Å². The number of fused-ring (bicyclic) bond motifs is 3. The van der Waals surface area contributed by atoms with E-state index in [4.69, 9.17) is 15.0 Å². The Morgan fingerprint density at radius 1 is 0.246 bits per heavy atom. The van der Waals surface area contributed by atoms with E-state index in [1.54, 1.807) is 0 Å². The van der Waals surface area contributed by atoms with Gasteiger partial charge in [0.15, 0.2) is 17.5 Å². The van der Waals surface area contributed by atoms with Crippen LogP contribution >= 0.6 is 11.3 Å². The highest BCUT2D eigenvalue weighted by molar-refractivity contribution is 7.26. The zero-order chi connectivity index (χ0) is 40.5. The highest BCUT2D eigenvalue weighted by Crippen LogP contribution is 2.40. The van der Waals surface area contributed by atoms with Crippen LogP contribution in [-0.4, -0.2) is 15.0 Å². The number of rotatable bonds is 8. The van der Waals surface area contributed by atoms with E-state index in [0.29, 0.717) is 17.5 Å². The maximum atomic E-state index is 5.05. The molecule has 2 heterocycles. The Hall–Kier alpha value is -7.79. The minimum atomic E-state index is 0.635. The van der Waals surface area contributed by atoms with Gasteiger partial charge in [-0.25, -0.2) is 15.0 Å². The van der Waals surface area contributed by atoms with E-state index in [-0.39, 0.29) is 0 Å². The Kier molecular flexibility index (Phi) is 9.38. The second kappa shape index (κ2) is 15.8. The Morgan fingerprint density at radius 2 is 0.590 bits per heavy atom. The van der Waals surface area contributed by atoms with Gasteiger partial charge < -0.3 is 0 Å². The van der Waals surface area contributed by atoms with Crippen molar-refractivity contribution in [2.24, 2.45) is 0 Å². The van der Waals surface area contributed by atoms with Crippen molar-refractivity contribution in [1.29, 1.82) is 0 Å². The number of benzene rings is 9. The predicted molar refractivity (Wildman–Crippen MR) is 256 cm³/mol. The smallest absolute Gasteiger partial charge is 0.164 e. The second-order valence-corrected chi connectivity index (χ2v) is 16.3. The van der Waals surface area contributed by atoms with Crippen LogP contribution in [-0.2, 0) is 0 Å². The van der Waals surface area contributed by atoms with Crippen LogP contribution < -0.4 is 0 Å². The van der Waals surface area contributed by atoms with Crippen LogP contribution in [0.4, 0.5) is 0 Å². The molecular weight excluding hydrogens is 759 g/mol. The SMILES string of the molecule is c1ccc(-c2ccc(-c3cccc(-c4ccc(-c5nc(-c6ccccc6)nc(-c6ccc(-c7ccc(-c8cccc9c8sc8ccccc89)cc7)cc6)n5)cc4)c3)cc2)cc1. The average molecular weight is 796 g/mol. The molecule has 3 nitrogen and oxygen atoms in total. The Bertz CT molecular complexity index is 3300. The molecule has 11 aromatic rings. The summed E-state index contributed by atoms with van der Waals surface area (Å²) in [6, 6.07) is 79.4. The maximum absolute atomic E-state index is 5.05. The lowest BCUT2D eigenvalue weighted by molar-refractivity contribution is 1.07. The van der Waals surface area contributed by atoms with Gasteiger partial charge in [0.25, 0.3) is 0 Å². The summed E-state index contributed by atoms with van der Waals surface area (Å²) in [6.45, 7) is 0. The summed E-state index contributed by atoms with van der Waals surface area (Å²) in [6.07, 6.45) is 0. The quantitative estimate of drug-likeness (QED) is 0.154. The van der Waals surface area contributed by atoms with Crippen LogP contribution in [0.2, 0.25) is 0 Å². The molecule has 0 amide bonds. The molecule has 0 unspecified atom stereocenters. The summed E-state index contributed by atoms with van der Waals surface area (Å²) in [5, 5.41) is 2.63. The monoisotopic (exact) mass is 795 g/mol. The molecule has 0 saturated carbocycles. The standard InChI is InChI=1S/C57H37N3S/c1-3-11-38(12-4-1)39-21-23-42(24-22-39)48-15-9-16-49(37-48)43-29-35-47(36-30-43)57-59-55(45-13-5-2-6-14-45)58-56(60-57)46-33-27-41(28-34-46)40-25-31-44(32-26-40)50-18-10-19-52-51-17-7-8-20-53(51)61-54(50)52/h1-37H. The van der Waals surface area contributed by atoms with Gasteiger partial charge in [0.05, 0.1) is 0 Å². The lowest BCUT2D eigenvalue weighted by Crippen LogP contribution is -2.00. The molecule has 0 bridgehead atoms. The first kappa shape index (κ1) is 36.3. The average Bonchev–Trinajstić information content (AvgIpc) is 3.74. The van der Waals surface area contributed by atoms with E-state index in [1.165, 1.54) is 53.6 Å². The molecule has 0 aliphatic carbocycles. The van der Waals surface area contributed by atoms with Gasteiger partial charge in [0.2, 0.25) is 0 Å². The van der Waals surface area contributed by atoms with E-state index in [2.05, 4.69) is 188 Å². The Morgan fingerprint density at radius 3 is 1.11 bits per heavy atom. The van der Waals surface area contributed by atoms with Crippen LogP contribution in [0.5, 0.6) is 0 Å². The predicted octanol–water partition coefficient (Wildman–Crippen LogP) is 15.6. The van der Waals surface area contributed by atoms with Crippen LogP contribution in [0.3, 0.4) is 0 Å². The lowest BCUT2D eigenvalue weighted by atomic mass is 9.97. The van der Waals surface area contributed by atoms with Crippen molar-refractivity contribution in [3.63, 3.8) is 0 Å². The number of aromatic nitrogens is 3. The summed E-state index contributed by atoms with van der Waals surface area (Å²) >= 11 is 1.86. The molecule has 0 radical (unpaired) electrons. The number of hydrogen-bond donors (Lipinski definition) is 0. The summed E-state index contributed by atoms with van der Waals surface area (Å²) in [4.78, 5) is 15.0. The topological polar surface area (TPSA) is 38.7 Å². The third-order valence-electron chi connectivity index (χ3n) is 11.4. The maximum Gasteiger partial charge on any atom is 0.164 e. The molecule has 11 rings (SSSR count). The highest BCUT2D eigenvalue weighted by Gasteiger charge is 2.14. The summed E-state index contributed by atoms with van der Waals surface area (Å²) in [5.74, 6) is 1.91. The lowest BCUT2D eigenvalue weighted by Gasteiger charge is -2.11. The molecule has 61 heavy (non-hydrogen) atoms. The number of nitrogens with zero attached hydrogens (tertiary/aromatic N) is 3. The molecule has 0 aliphatic heterocycles. The van der Waals surface area contributed by atoms with E-state index < -0.39 is 0 Å². The largest absolute Gasteiger partial charge is 0.208 e. The summed E-state index contributed by atoms with van der Waals surface area (Å²) in [7, 11) is 0. The van der Waals surface area contributed by atoms with Crippen molar-refractivity contribution in [3.05, 3.63) is 224 Å². The molecule has 9 aromatic carbocycles. The van der Waals surface area contributed by atoms with Gasteiger partial charge in [-0.15, -0.1) is 11.3 Å². The fraction of sp³-hybridized carbons (Fsp3) is 0. The van der Waals surface area contributed by atoms with E-state index in [0.717, 1.165) is 38.9 Å². The second-order valence-electron chi connectivity index (χ2n) is 15.2. The molecule has 0 fully saturated rings. The molecule has 0 aliphatic rings. The third kappa shape index (κ3) is 7.20. The van der Waals surface area contributed by atoms with Crippen LogP contribution in [0, 0.1) is 0 Å². The molecule has 0 atom stereocenters. The Labute approximate surface area is 359 Å². The molecule has 0 N–H and O–H groups in total. The van der Waals surface area contributed by atoms with Gasteiger partial charge in [0, 0.05) is 36.9 Å². The van der Waals surface area contributed by atoms with Crippen LogP contribution in [0.25, 0.3) is 110 Å². The zero-order valence-corrected chi connectivity index (χ0v) is 33.9. The summed E-state index contributed by atoms with van der Waals surface area (Å²) < 4.78 is 2.65. The highest BCUT2D eigenvalue weighted by atomic mass is 32.1. The molecule has 4 heteroatoms. The van der Waals surface area contributed by atoms with Crippen molar-refractivity contribution in [3.8, 4) is 89.8 Å². The third-order valence-corrected chi connectivity index (χ3v) is 12.6. The van der Waals surface area contributed by atoms with Crippen molar-refractivity contribution in [1.82, 2.24) is 15.0 Å². The van der Waals surface area contributed by atoms with E-state index >= 15 is 0 Å². The molecule has 2 aromatic heterocycles. The molecule has 0 spiro atoms. The van der Waals surface area contributed by atoms with Crippen LogP contribution in [0.15, 0.2) is 224 Å². The molecular formula is C57H37N3S. The van der Waals surface area contributed by atoms with Gasteiger partial charge in [0.1, 0.15) is 0 Å². The van der Waals surface area contributed by atoms with Gasteiger partial charge >= 0.3 is 0 Å². The van der Waals surface area contributed by atoms with E-state index in [9.17, 15) is 0 Å². The minimum absolute atomic E-state index is 0.635. The number of hydrogen-bond acceptors (Lipinski definition) is 4. The zero-order valence-electron chi connectivity index (χ0n) is 33.1. The number of thiophene rings is 1. The first-order valence-corrected chi connectivity index (χ1v) is 21.3. The molecule has 286 valence electrons. The van der Waals surface area contributed by atoms with Crippen molar-refractivity contribution < 1.29 is 0 Å². The minimum Gasteiger partial charge on any atom is -0.208 e. The van der Waals surface area contributed by atoms with Gasteiger partial charge in [-0.3, -0.25) is 0 Å². The van der Waals surface area contributed by atoms with Crippen molar-refractivity contribution >= 4 is 31.5 Å². The van der Waals surface area contributed by atoms with Gasteiger partial charge in [-0.2, -0.15) is 0 Å². The van der Waals surface area contributed by atoms with Crippen LogP contribution in [0.1, 0.15) is 0 Å². The Balaban J connectivity index is 0.868. The first-order valence-electron chi connectivity index (χ1n) is 20.5. The summed E-state index contributed by atoms with van der Waals surface area (Å²) in [5.41, 5.74) is 14.7.